The van der Waals surface area contributed by atoms with E-state index in [9.17, 15) is 9.59 Å². The molecule has 1 aliphatic rings. The molecule has 2 N–H and O–H groups in total. The van der Waals surface area contributed by atoms with E-state index in [0.29, 0.717) is 25.8 Å². The molecule has 0 unspecified atom stereocenters. The number of nitrogens with zero attached hydrogens (tertiary/aromatic N) is 1. The van der Waals surface area contributed by atoms with E-state index < -0.39 is 5.97 Å². The molecule has 1 heterocycles. The third-order valence-electron chi connectivity index (χ3n) is 3.95. The lowest BCUT2D eigenvalue weighted by atomic mass is 10.0. The molecular weight excluding hydrogens is 256 g/mol. The van der Waals surface area contributed by atoms with E-state index in [4.69, 9.17) is 5.11 Å². The first-order valence-corrected chi connectivity index (χ1v) is 7.05. The Bertz CT molecular complexity index is 502. The van der Waals surface area contributed by atoms with Crippen molar-refractivity contribution in [2.45, 2.75) is 39.2 Å². The molecule has 1 aliphatic carbocycles. The van der Waals surface area contributed by atoms with E-state index in [1.165, 1.54) is 0 Å². The van der Waals surface area contributed by atoms with Crippen molar-refractivity contribution in [3.63, 3.8) is 0 Å². The van der Waals surface area contributed by atoms with E-state index in [-0.39, 0.29) is 17.7 Å². The molecule has 0 saturated heterocycles. The second kappa shape index (κ2) is 6.50. The van der Waals surface area contributed by atoms with Crippen LogP contribution >= 0.6 is 0 Å². The largest absolute Gasteiger partial charge is 0.481 e. The second-order valence-electron chi connectivity index (χ2n) is 5.23. The van der Waals surface area contributed by atoms with Crippen molar-refractivity contribution in [3.05, 3.63) is 29.6 Å². The van der Waals surface area contributed by atoms with Gasteiger partial charge in [-0.2, -0.15) is 0 Å². The molecule has 1 fully saturated rings. The maximum atomic E-state index is 12.1. The van der Waals surface area contributed by atoms with Crippen LogP contribution in [0.4, 0.5) is 0 Å². The maximum absolute atomic E-state index is 12.1. The predicted octanol–water partition coefficient (Wildman–Crippen LogP) is 1.76. The Morgan fingerprint density at radius 2 is 2.15 bits per heavy atom. The van der Waals surface area contributed by atoms with Gasteiger partial charge in [0.2, 0.25) is 5.91 Å². The highest BCUT2D eigenvalue weighted by molar-refractivity contribution is 5.80. The Labute approximate surface area is 118 Å². The van der Waals surface area contributed by atoms with Gasteiger partial charge < -0.3 is 10.4 Å². The molecule has 1 saturated carbocycles. The summed E-state index contributed by atoms with van der Waals surface area (Å²) in [7, 11) is 0. The number of hydrogen-bond acceptors (Lipinski definition) is 3. The van der Waals surface area contributed by atoms with Crippen LogP contribution in [0.5, 0.6) is 0 Å². The number of aromatic nitrogens is 1. The molecule has 5 nitrogen and oxygen atoms in total. The number of carboxylic acid groups (broad SMARTS) is 1. The SMILES string of the molecule is CCc1cccnc1CNC(=O)[C@@H]1CC[C@H](C(=O)O)C1. The monoisotopic (exact) mass is 276 g/mol. The van der Waals surface area contributed by atoms with Crippen LogP contribution in [-0.4, -0.2) is 22.0 Å². The van der Waals surface area contributed by atoms with Crippen molar-refractivity contribution in [1.29, 1.82) is 0 Å². The highest BCUT2D eigenvalue weighted by Gasteiger charge is 2.33. The summed E-state index contributed by atoms with van der Waals surface area (Å²) in [4.78, 5) is 27.2. The first kappa shape index (κ1) is 14.5. The van der Waals surface area contributed by atoms with Crippen molar-refractivity contribution in [3.8, 4) is 0 Å². The lowest BCUT2D eigenvalue weighted by Gasteiger charge is -2.12. The summed E-state index contributed by atoms with van der Waals surface area (Å²) < 4.78 is 0. The maximum Gasteiger partial charge on any atom is 0.306 e. The lowest BCUT2D eigenvalue weighted by molar-refractivity contribution is -0.141. The summed E-state index contributed by atoms with van der Waals surface area (Å²) in [5.74, 6) is -1.39. The Morgan fingerprint density at radius 1 is 1.40 bits per heavy atom. The first-order chi connectivity index (χ1) is 9.61. The van der Waals surface area contributed by atoms with Crippen LogP contribution in [0.25, 0.3) is 0 Å². The third kappa shape index (κ3) is 3.35. The number of carbonyl (C=O) groups is 2. The molecule has 1 aromatic rings. The number of aliphatic carboxylic acids is 1. The van der Waals surface area contributed by atoms with Crippen molar-refractivity contribution < 1.29 is 14.7 Å². The minimum absolute atomic E-state index is 0.0542. The minimum atomic E-state index is -0.793. The Hall–Kier alpha value is -1.91. The fourth-order valence-electron chi connectivity index (χ4n) is 2.71. The first-order valence-electron chi connectivity index (χ1n) is 7.05. The van der Waals surface area contributed by atoms with E-state index in [0.717, 1.165) is 17.7 Å². The predicted molar refractivity (Wildman–Crippen MR) is 73.9 cm³/mol. The zero-order valence-electron chi connectivity index (χ0n) is 11.6. The van der Waals surface area contributed by atoms with Crippen molar-refractivity contribution >= 4 is 11.9 Å². The van der Waals surface area contributed by atoms with E-state index in [1.807, 2.05) is 12.1 Å². The van der Waals surface area contributed by atoms with Gasteiger partial charge in [0.25, 0.3) is 0 Å². The van der Waals surface area contributed by atoms with E-state index >= 15 is 0 Å². The normalized spacial score (nSPS) is 21.6. The van der Waals surface area contributed by atoms with Gasteiger partial charge in [-0.05, 0) is 37.3 Å². The molecule has 5 heteroatoms. The lowest BCUT2D eigenvalue weighted by Crippen LogP contribution is -2.30. The average Bonchev–Trinajstić information content (AvgIpc) is 2.95. The Morgan fingerprint density at radius 3 is 2.80 bits per heavy atom. The molecular formula is C15H20N2O3. The molecule has 0 radical (unpaired) electrons. The molecule has 2 atom stereocenters. The molecule has 0 aliphatic heterocycles. The van der Waals surface area contributed by atoms with Crippen molar-refractivity contribution in [2.75, 3.05) is 0 Å². The highest BCUT2D eigenvalue weighted by Crippen LogP contribution is 2.31. The number of nitrogens with one attached hydrogen (secondary N) is 1. The average molecular weight is 276 g/mol. The number of amides is 1. The number of hydrogen-bond donors (Lipinski definition) is 2. The highest BCUT2D eigenvalue weighted by atomic mass is 16.4. The van der Waals surface area contributed by atoms with Gasteiger partial charge in [0.15, 0.2) is 0 Å². The Kier molecular flexibility index (Phi) is 4.71. The van der Waals surface area contributed by atoms with Crippen LogP contribution in [0.2, 0.25) is 0 Å². The van der Waals surface area contributed by atoms with E-state index in [2.05, 4.69) is 17.2 Å². The second-order valence-corrected chi connectivity index (χ2v) is 5.23. The minimum Gasteiger partial charge on any atom is -0.481 e. The van der Waals surface area contributed by atoms with Gasteiger partial charge in [-0.1, -0.05) is 13.0 Å². The molecule has 108 valence electrons. The summed E-state index contributed by atoms with van der Waals surface area (Å²) in [6, 6.07) is 3.89. The molecule has 0 aromatic carbocycles. The van der Waals surface area contributed by atoms with Gasteiger partial charge in [0, 0.05) is 12.1 Å². The fourth-order valence-corrected chi connectivity index (χ4v) is 2.71. The smallest absolute Gasteiger partial charge is 0.306 e. The number of rotatable bonds is 5. The summed E-state index contributed by atoms with van der Waals surface area (Å²) in [5.41, 5.74) is 2.01. The number of aryl methyl sites for hydroxylation is 1. The van der Waals surface area contributed by atoms with Gasteiger partial charge in [0.05, 0.1) is 18.2 Å². The number of carboxylic acids is 1. The van der Waals surface area contributed by atoms with Crippen molar-refractivity contribution in [2.24, 2.45) is 11.8 Å². The van der Waals surface area contributed by atoms with E-state index in [1.54, 1.807) is 6.20 Å². The van der Waals surface area contributed by atoms with Crippen LogP contribution in [0.15, 0.2) is 18.3 Å². The van der Waals surface area contributed by atoms with Gasteiger partial charge in [-0.15, -0.1) is 0 Å². The topological polar surface area (TPSA) is 79.3 Å². The quantitative estimate of drug-likeness (QED) is 0.859. The van der Waals surface area contributed by atoms with Crippen LogP contribution in [0.1, 0.15) is 37.4 Å². The molecule has 20 heavy (non-hydrogen) atoms. The summed E-state index contributed by atoms with van der Waals surface area (Å²) >= 11 is 0. The Balaban J connectivity index is 1.88. The van der Waals surface area contributed by atoms with Gasteiger partial charge in [-0.25, -0.2) is 0 Å². The van der Waals surface area contributed by atoms with Crippen LogP contribution in [0.3, 0.4) is 0 Å². The van der Waals surface area contributed by atoms with Crippen LogP contribution < -0.4 is 5.32 Å². The van der Waals surface area contributed by atoms with Crippen molar-refractivity contribution in [1.82, 2.24) is 10.3 Å². The zero-order valence-corrected chi connectivity index (χ0v) is 11.6. The van der Waals surface area contributed by atoms with Gasteiger partial charge in [-0.3, -0.25) is 14.6 Å². The number of pyridine rings is 1. The summed E-state index contributed by atoms with van der Waals surface area (Å²) in [5, 5.41) is 11.8. The third-order valence-corrected chi connectivity index (χ3v) is 3.95. The number of carbonyl (C=O) groups excluding carboxylic acids is 1. The molecule has 2 rings (SSSR count). The molecule has 0 spiro atoms. The standard InChI is InChI=1S/C15H20N2O3/c1-2-10-4-3-7-16-13(10)9-17-14(18)11-5-6-12(8-11)15(19)20/h3-4,7,11-12H,2,5-6,8-9H2,1H3,(H,17,18)(H,19,20)/t11-,12+/m1/s1. The van der Waals surface area contributed by atoms with Crippen LogP contribution in [0, 0.1) is 11.8 Å². The zero-order chi connectivity index (χ0) is 14.5. The molecule has 0 bridgehead atoms. The van der Waals surface area contributed by atoms with Gasteiger partial charge >= 0.3 is 5.97 Å². The molecule has 1 amide bonds. The van der Waals surface area contributed by atoms with Crippen LogP contribution in [-0.2, 0) is 22.6 Å². The summed E-state index contributed by atoms with van der Waals surface area (Å²) in [6.07, 6.45) is 4.30. The fraction of sp³-hybridized carbons (Fsp3) is 0.533. The summed E-state index contributed by atoms with van der Waals surface area (Å²) in [6.45, 7) is 2.47. The van der Waals surface area contributed by atoms with Gasteiger partial charge in [0.1, 0.15) is 0 Å². The molecule has 1 aromatic heterocycles.